The van der Waals surface area contributed by atoms with Gasteiger partial charge >= 0.3 is 17.9 Å². The lowest BCUT2D eigenvalue weighted by Gasteiger charge is -2.18. The third-order valence-electron chi connectivity index (χ3n) is 15.0. The Morgan fingerprint density at radius 2 is 0.476 bits per heavy atom. The zero-order valence-electron chi connectivity index (χ0n) is 54.0. The lowest BCUT2D eigenvalue weighted by molar-refractivity contribution is -0.167. The molecular formula is C76H130O6. The molecule has 1 unspecified atom stereocenters. The summed E-state index contributed by atoms with van der Waals surface area (Å²) in [6.07, 6.45) is 95.6. The van der Waals surface area contributed by atoms with Gasteiger partial charge in [0.05, 0.1) is 0 Å². The fraction of sp³-hybridized carbons (Fsp3) is 0.724. The molecule has 0 saturated carbocycles. The summed E-state index contributed by atoms with van der Waals surface area (Å²) in [5.41, 5.74) is 0. The highest BCUT2D eigenvalue weighted by molar-refractivity contribution is 5.71. The van der Waals surface area contributed by atoms with Gasteiger partial charge in [0.1, 0.15) is 13.2 Å². The molecule has 0 aliphatic heterocycles. The molecule has 0 aromatic carbocycles. The molecule has 6 nitrogen and oxygen atoms in total. The van der Waals surface area contributed by atoms with Gasteiger partial charge in [-0.2, -0.15) is 0 Å². The van der Waals surface area contributed by atoms with E-state index in [1.807, 2.05) is 0 Å². The second-order valence-electron chi connectivity index (χ2n) is 23.0. The Balaban J connectivity index is 4.15. The number of carbonyl (C=O) groups excluding carboxylic acids is 3. The molecule has 0 aromatic heterocycles. The molecule has 1 atom stereocenters. The first-order valence-corrected chi connectivity index (χ1v) is 34.9. The molecule has 0 radical (unpaired) electrons. The van der Waals surface area contributed by atoms with Crippen molar-refractivity contribution in [3.8, 4) is 0 Å². The predicted molar refractivity (Wildman–Crippen MR) is 357 cm³/mol. The zero-order chi connectivity index (χ0) is 59.2. The van der Waals surface area contributed by atoms with E-state index in [2.05, 4.69) is 130 Å². The van der Waals surface area contributed by atoms with E-state index in [9.17, 15) is 14.4 Å². The quantitative estimate of drug-likeness (QED) is 0.0261. The summed E-state index contributed by atoms with van der Waals surface area (Å²) in [4.78, 5) is 38.3. The van der Waals surface area contributed by atoms with Crippen molar-refractivity contribution in [3.05, 3.63) is 109 Å². The molecule has 0 bridgehead atoms. The average Bonchev–Trinajstić information content (AvgIpc) is 3.47. The van der Waals surface area contributed by atoms with Crippen LogP contribution >= 0.6 is 0 Å². The normalized spacial score (nSPS) is 12.8. The molecule has 0 amide bonds. The molecule has 0 saturated heterocycles. The first kappa shape index (κ1) is 78.1. The molecule has 0 rings (SSSR count). The summed E-state index contributed by atoms with van der Waals surface area (Å²) >= 11 is 0. The maximum Gasteiger partial charge on any atom is 0.306 e. The number of unbranched alkanes of at least 4 members (excludes halogenated alkanes) is 34. The Labute approximate surface area is 508 Å². The van der Waals surface area contributed by atoms with Crippen molar-refractivity contribution in [3.63, 3.8) is 0 Å². The Bertz CT molecular complexity index is 1640. The van der Waals surface area contributed by atoms with E-state index in [0.29, 0.717) is 19.3 Å². The highest BCUT2D eigenvalue weighted by Crippen LogP contribution is 2.17. The van der Waals surface area contributed by atoms with Crippen LogP contribution in [0, 0.1) is 0 Å². The molecule has 0 heterocycles. The molecule has 0 fully saturated rings. The van der Waals surface area contributed by atoms with Crippen LogP contribution < -0.4 is 0 Å². The van der Waals surface area contributed by atoms with Gasteiger partial charge in [0, 0.05) is 19.3 Å². The van der Waals surface area contributed by atoms with Crippen LogP contribution in [0.15, 0.2) is 109 Å². The maximum absolute atomic E-state index is 12.9. The van der Waals surface area contributed by atoms with Gasteiger partial charge in [-0.25, -0.2) is 0 Å². The third kappa shape index (κ3) is 66.9. The minimum absolute atomic E-state index is 0.0798. The first-order chi connectivity index (χ1) is 40.5. The SMILES string of the molecule is CC/C=C\C/C=C\C/C=C\C/C=C\CCCCCCCCCCCCCCCCCCCCC(=O)OCC(COC(=O)CCCCCCC/C=C\CCC)OC(=O)CCCCCCCCCCCC/C=C\C/C=C\C/C=C\C/C=C\CC. The van der Waals surface area contributed by atoms with Gasteiger partial charge in [-0.05, 0) is 116 Å². The minimum atomic E-state index is -0.784. The zero-order valence-corrected chi connectivity index (χ0v) is 54.0. The largest absolute Gasteiger partial charge is 0.462 e. The van der Waals surface area contributed by atoms with Crippen LogP contribution in [0.3, 0.4) is 0 Å². The van der Waals surface area contributed by atoms with E-state index < -0.39 is 6.10 Å². The van der Waals surface area contributed by atoms with E-state index in [-0.39, 0.29) is 31.1 Å². The number of esters is 3. The monoisotopic (exact) mass is 1140 g/mol. The standard InChI is InChI=1S/C76H130O6/c1-4-7-10-13-16-19-22-24-26-28-30-32-34-35-36-37-38-39-40-41-43-44-46-48-50-52-54-57-60-63-66-69-75(78)81-72-73(71-80-74(77)68-65-62-59-56-21-18-15-12-9-6-3)82-76(79)70-67-64-61-58-55-53-51-49-47-45-42-33-31-29-27-25-23-20-17-14-11-8-5-2/h7-8,10-12,15-17,19-20,24-27,30-33,73H,4-6,9,13-14,18,21-23,28-29,34-72H2,1-3H3/b10-7-,11-8-,15-12-,19-16-,20-17-,26-24-,27-25-,32-30-,33-31-. The number of carbonyl (C=O) groups is 3. The van der Waals surface area contributed by atoms with E-state index in [4.69, 9.17) is 14.2 Å². The number of hydrogen-bond acceptors (Lipinski definition) is 6. The first-order valence-electron chi connectivity index (χ1n) is 34.9. The van der Waals surface area contributed by atoms with Crippen molar-refractivity contribution in [2.24, 2.45) is 0 Å². The van der Waals surface area contributed by atoms with E-state index in [1.54, 1.807) is 0 Å². The Hall–Kier alpha value is -3.93. The highest BCUT2D eigenvalue weighted by Gasteiger charge is 2.19. The summed E-state index contributed by atoms with van der Waals surface area (Å²) in [6.45, 7) is 6.38. The average molecular weight is 1140 g/mol. The summed E-state index contributed by atoms with van der Waals surface area (Å²) in [6, 6.07) is 0. The van der Waals surface area contributed by atoms with Crippen LogP contribution in [0.5, 0.6) is 0 Å². The van der Waals surface area contributed by atoms with Crippen LogP contribution in [0.2, 0.25) is 0 Å². The molecule has 6 heteroatoms. The van der Waals surface area contributed by atoms with E-state index >= 15 is 0 Å². The molecule has 470 valence electrons. The minimum Gasteiger partial charge on any atom is -0.462 e. The van der Waals surface area contributed by atoms with Crippen LogP contribution in [0.25, 0.3) is 0 Å². The highest BCUT2D eigenvalue weighted by atomic mass is 16.6. The van der Waals surface area contributed by atoms with Gasteiger partial charge < -0.3 is 14.2 Å². The second-order valence-corrected chi connectivity index (χ2v) is 23.0. The number of rotatable bonds is 63. The Kier molecular flexibility index (Phi) is 66.2. The van der Waals surface area contributed by atoms with Gasteiger partial charge in [-0.15, -0.1) is 0 Å². The lowest BCUT2D eigenvalue weighted by atomic mass is 10.0. The van der Waals surface area contributed by atoms with Crippen LogP contribution in [0.1, 0.15) is 335 Å². The van der Waals surface area contributed by atoms with Gasteiger partial charge in [0.25, 0.3) is 0 Å². The second kappa shape index (κ2) is 69.6. The molecular weight excluding hydrogens is 1010 g/mol. The smallest absolute Gasteiger partial charge is 0.306 e. The molecule has 0 aliphatic carbocycles. The molecule has 0 aromatic rings. The summed E-state index contributed by atoms with van der Waals surface area (Å²) in [5.74, 6) is -0.883. The van der Waals surface area contributed by atoms with Crippen molar-refractivity contribution in [2.45, 2.75) is 341 Å². The summed E-state index contributed by atoms with van der Waals surface area (Å²) in [7, 11) is 0. The number of ether oxygens (including phenoxy) is 3. The van der Waals surface area contributed by atoms with Gasteiger partial charge in [0.2, 0.25) is 0 Å². The maximum atomic E-state index is 12.9. The Morgan fingerprint density at radius 1 is 0.256 bits per heavy atom. The number of allylic oxidation sites excluding steroid dienone is 18. The van der Waals surface area contributed by atoms with Crippen molar-refractivity contribution in [1.29, 1.82) is 0 Å². The molecule has 0 N–H and O–H groups in total. The molecule has 0 spiro atoms. The van der Waals surface area contributed by atoms with Gasteiger partial charge in [-0.3, -0.25) is 14.4 Å². The summed E-state index contributed by atoms with van der Waals surface area (Å²) < 4.78 is 16.9. The topological polar surface area (TPSA) is 78.9 Å². The van der Waals surface area contributed by atoms with E-state index in [0.717, 1.165) is 122 Å². The lowest BCUT2D eigenvalue weighted by Crippen LogP contribution is -2.30. The fourth-order valence-electron chi connectivity index (χ4n) is 9.84. The third-order valence-corrected chi connectivity index (χ3v) is 15.0. The van der Waals surface area contributed by atoms with Gasteiger partial charge in [-0.1, -0.05) is 310 Å². The predicted octanol–water partition coefficient (Wildman–Crippen LogP) is 24.2. The fourth-order valence-corrected chi connectivity index (χ4v) is 9.84. The van der Waals surface area contributed by atoms with E-state index in [1.165, 1.54) is 173 Å². The van der Waals surface area contributed by atoms with Crippen molar-refractivity contribution in [2.75, 3.05) is 13.2 Å². The molecule has 0 aliphatic rings. The number of hydrogen-bond donors (Lipinski definition) is 0. The van der Waals surface area contributed by atoms with Crippen LogP contribution in [-0.2, 0) is 28.6 Å². The molecule has 82 heavy (non-hydrogen) atoms. The van der Waals surface area contributed by atoms with Crippen molar-refractivity contribution in [1.82, 2.24) is 0 Å². The van der Waals surface area contributed by atoms with Crippen LogP contribution in [0.4, 0.5) is 0 Å². The van der Waals surface area contributed by atoms with Crippen molar-refractivity contribution < 1.29 is 28.6 Å². The van der Waals surface area contributed by atoms with Crippen molar-refractivity contribution >= 4 is 17.9 Å². The van der Waals surface area contributed by atoms with Gasteiger partial charge in [0.15, 0.2) is 6.10 Å². The summed E-state index contributed by atoms with van der Waals surface area (Å²) in [5, 5.41) is 0. The van der Waals surface area contributed by atoms with Crippen LogP contribution in [-0.4, -0.2) is 37.2 Å². The Morgan fingerprint density at radius 3 is 0.756 bits per heavy atom.